The van der Waals surface area contributed by atoms with Crippen molar-refractivity contribution in [2.24, 2.45) is 5.10 Å². The second-order valence-corrected chi connectivity index (χ2v) is 11.6. The molecule has 2 amide bonds. The predicted octanol–water partition coefficient (Wildman–Crippen LogP) is 5.15. The van der Waals surface area contributed by atoms with Gasteiger partial charge >= 0.3 is 12.0 Å². The summed E-state index contributed by atoms with van der Waals surface area (Å²) in [4.78, 5) is 24.6. The number of aliphatic hydroxyl groups excluding tert-OH is 1. The summed E-state index contributed by atoms with van der Waals surface area (Å²) < 4.78 is 24.4. The summed E-state index contributed by atoms with van der Waals surface area (Å²) in [6.07, 6.45) is 0.472. The molecule has 0 fully saturated rings. The Hall–Kier alpha value is -3.82. The standard InChI is InChI=1S/C31H32BrIN4O7/c1-4-42-26-14-21(29-28(30(39)41-3)18(2)35-31(40)36-29)8-12-25(26)44-17-27(38)37-34-15-20-7-11-24(23(33)13-20)43-16-19-5-9-22(32)10-6-19/h5-15,27,29,37-38H,4,16-17H2,1-3H3,(H2,35,36,40)/b34-15-/t27-,29+/m1/s1. The highest BCUT2D eigenvalue weighted by Crippen LogP contribution is 2.35. The molecule has 0 saturated heterocycles. The second-order valence-electron chi connectivity index (χ2n) is 9.52. The molecule has 44 heavy (non-hydrogen) atoms. The van der Waals surface area contributed by atoms with Crippen LogP contribution in [0.25, 0.3) is 0 Å². The lowest BCUT2D eigenvalue weighted by molar-refractivity contribution is -0.136. The van der Waals surface area contributed by atoms with Crippen LogP contribution in [0.2, 0.25) is 0 Å². The van der Waals surface area contributed by atoms with E-state index in [9.17, 15) is 14.7 Å². The number of aliphatic hydroxyl groups is 1. The number of hydrogen-bond acceptors (Lipinski definition) is 9. The summed E-state index contributed by atoms with van der Waals surface area (Å²) in [6.45, 7) is 4.12. The van der Waals surface area contributed by atoms with Crippen LogP contribution in [-0.2, 0) is 16.1 Å². The topological polar surface area (TPSA) is 140 Å². The molecular formula is C31H32BrIN4O7. The quantitative estimate of drug-likeness (QED) is 0.0615. The fourth-order valence-electron chi connectivity index (χ4n) is 4.28. The molecule has 1 aliphatic rings. The molecule has 1 heterocycles. The summed E-state index contributed by atoms with van der Waals surface area (Å²) in [7, 11) is 1.28. The molecule has 4 rings (SSSR count). The van der Waals surface area contributed by atoms with Gasteiger partial charge in [-0.15, -0.1) is 0 Å². The number of rotatable bonds is 13. The van der Waals surface area contributed by atoms with Gasteiger partial charge in [0.15, 0.2) is 17.7 Å². The SMILES string of the molecule is CCOc1cc([C@@H]2NC(=O)NC(C)=C2C(=O)OC)ccc1OC[C@@H](O)N/N=C\c1ccc(OCc2ccc(Br)cc2)c(I)c1. The molecule has 13 heteroatoms. The van der Waals surface area contributed by atoms with Gasteiger partial charge in [0.25, 0.3) is 0 Å². The van der Waals surface area contributed by atoms with Gasteiger partial charge in [-0.05, 0) is 95.6 Å². The largest absolute Gasteiger partial charge is 0.490 e. The van der Waals surface area contributed by atoms with Crippen LogP contribution < -0.4 is 30.3 Å². The van der Waals surface area contributed by atoms with E-state index < -0.39 is 24.3 Å². The fraction of sp³-hybridized carbons (Fsp3) is 0.258. The molecule has 4 N–H and O–H groups in total. The molecular weight excluding hydrogens is 747 g/mol. The first kappa shape index (κ1) is 33.1. The molecule has 0 aromatic heterocycles. The lowest BCUT2D eigenvalue weighted by atomic mass is 9.95. The van der Waals surface area contributed by atoms with Crippen molar-refractivity contribution in [3.05, 3.63) is 96.7 Å². The van der Waals surface area contributed by atoms with Crippen LogP contribution in [0, 0.1) is 3.57 Å². The lowest BCUT2D eigenvalue weighted by Gasteiger charge is -2.28. The van der Waals surface area contributed by atoms with Crippen LogP contribution in [0.1, 0.15) is 36.6 Å². The number of carbonyl (C=O) groups is 2. The van der Waals surface area contributed by atoms with Crippen molar-refractivity contribution in [1.29, 1.82) is 0 Å². The van der Waals surface area contributed by atoms with Crippen LogP contribution in [0.15, 0.2) is 81.5 Å². The van der Waals surface area contributed by atoms with Crippen molar-refractivity contribution in [2.75, 3.05) is 20.3 Å². The van der Waals surface area contributed by atoms with E-state index in [0.29, 0.717) is 36.0 Å². The van der Waals surface area contributed by atoms with Gasteiger partial charge in [0.1, 0.15) is 19.0 Å². The molecule has 2 atom stereocenters. The number of halogens is 2. The highest BCUT2D eigenvalue weighted by atomic mass is 127. The first-order valence-electron chi connectivity index (χ1n) is 13.6. The Kier molecular flexibility index (Phi) is 11.9. The van der Waals surface area contributed by atoms with E-state index in [1.54, 1.807) is 31.3 Å². The van der Waals surface area contributed by atoms with Crippen molar-refractivity contribution in [3.8, 4) is 17.2 Å². The molecule has 0 radical (unpaired) electrons. The van der Waals surface area contributed by atoms with Crippen molar-refractivity contribution in [1.82, 2.24) is 16.1 Å². The summed E-state index contributed by atoms with van der Waals surface area (Å²) >= 11 is 5.64. The van der Waals surface area contributed by atoms with Gasteiger partial charge in [0.05, 0.1) is 35.1 Å². The Morgan fingerprint density at radius 1 is 1.09 bits per heavy atom. The molecule has 0 aliphatic carbocycles. The first-order chi connectivity index (χ1) is 21.2. The molecule has 0 spiro atoms. The van der Waals surface area contributed by atoms with Crippen molar-refractivity contribution in [2.45, 2.75) is 32.7 Å². The van der Waals surface area contributed by atoms with Crippen molar-refractivity contribution in [3.63, 3.8) is 0 Å². The van der Waals surface area contributed by atoms with Crippen LogP contribution in [0.3, 0.4) is 0 Å². The Morgan fingerprint density at radius 2 is 1.84 bits per heavy atom. The minimum absolute atomic E-state index is 0.131. The second kappa shape index (κ2) is 15.8. The van der Waals surface area contributed by atoms with Crippen LogP contribution in [0.4, 0.5) is 4.79 Å². The zero-order valence-electron chi connectivity index (χ0n) is 24.2. The predicted molar refractivity (Wildman–Crippen MR) is 177 cm³/mol. The van der Waals surface area contributed by atoms with Crippen LogP contribution in [0.5, 0.6) is 17.2 Å². The maximum atomic E-state index is 12.4. The minimum Gasteiger partial charge on any atom is -0.490 e. The number of nitrogens with zero attached hydrogens (tertiary/aromatic N) is 1. The highest BCUT2D eigenvalue weighted by Gasteiger charge is 2.32. The Morgan fingerprint density at radius 3 is 2.55 bits per heavy atom. The third-order valence-electron chi connectivity index (χ3n) is 6.37. The number of amides is 2. The zero-order chi connectivity index (χ0) is 31.6. The third-order valence-corrected chi connectivity index (χ3v) is 7.74. The van der Waals surface area contributed by atoms with E-state index >= 15 is 0 Å². The fourth-order valence-corrected chi connectivity index (χ4v) is 5.24. The first-order valence-corrected chi connectivity index (χ1v) is 15.4. The van der Waals surface area contributed by atoms with Crippen molar-refractivity contribution < 1.29 is 33.6 Å². The Bertz CT molecular complexity index is 1550. The van der Waals surface area contributed by atoms with E-state index in [0.717, 1.165) is 24.9 Å². The molecule has 232 valence electrons. The average molecular weight is 779 g/mol. The average Bonchev–Trinajstić information content (AvgIpc) is 3.00. The number of methoxy groups -OCH3 is 1. The molecule has 0 saturated carbocycles. The van der Waals surface area contributed by atoms with Gasteiger partial charge < -0.3 is 34.7 Å². The van der Waals surface area contributed by atoms with Gasteiger partial charge in [-0.3, -0.25) is 5.43 Å². The molecule has 0 bridgehead atoms. The van der Waals surface area contributed by atoms with Crippen LogP contribution >= 0.6 is 38.5 Å². The van der Waals surface area contributed by atoms with E-state index in [2.05, 4.69) is 59.7 Å². The summed E-state index contributed by atoms with van der Waals surface area (Å²) in [5.74, 6) is 0.948. The van der Waals surface area contributed by atoms with Gasteiger partial charge in [0.2, 0.25) is 0 Å². The molecule has 3 aromatic carbocycles. The number of esters is 1. The smallest absolute Gasteiger partial charge is 0.337 e. The number of hydrazone groups is 1. The third kappa shape index (κ3) is 8.86. The van der Waals surface area contributed by atoms with Crippen LogP contribution in [-0.4, -0.2) is 49.9 Å². The summed E-state index contributed by atoms with van der Waals surface area (Å²) in [5, 5.41) is 19.9. The summed E-state index contributed by atoms with van der Waals surface area (Å²) in [6, 6.07) is 17.5. The van der Waals surface area contributed by atoms with Crippen molar-refractivity contribution >= 4 is 56.7 Å². The molecule has 1 aliphatic heterocycles. The molecule has 3 aromatic rings. The number of benzene rings is 3. The van der Waals surface area contributed by atoms with Gasteiger partial charge in [-0.1, -0.05) is 34.1 Å². The van der Waals surface area contributed by atoms with Gasteiger partial charge in [0, 0.05) is 10.2 Å². The number of carbonyl (C=O) groups excluding carboxylic acids is 2. The van der Waals surface area contributed by atoms with E-state index in [-0.39, 0.29) is 12.2 Å². The molecule has 11 nitrogen and oxygen atoms in total. The monoisotopic (exact) mass is 778 g/mol. The normalized spacial score (nSPS) is 15.3. The zero-order valence-corrected chi connectivity index (χ0v) is 28.0. The highest BCUT2D eigenvalue weighted by molar-refractivity contribution is 14.1. The minimum atomic E-state index is -1.12. The van der Waals surface area contributed by atoms with Gasteiger partial charge in [-0.25, -0.2) is 9.59 Å². The number of ether oxygens (including phenoxy) is 4. The maximum Gasteiger partial charge on any atom is 0.337 e. The number of hydrogen-bond donors (Lipinski definition) is 4. The van der Waals surface area contributed by atoms with E-state index in [1.807, 2.05) is 49.4 Å². The van der Waals surface area contributed by atoms with E-state index in [1.165, 1.54) is 7.11 Å². The number of urea groups is 1. The van der Waals surface area contributed by atoms with Gasteiger partial charge in [-0.2, -0.15) is 5.10 Å². The summed E-state index contributed by atoms with van der Waals surface area (Å²) in [5.41, 5.74) is 5.80. The Labute approximate surface area is 277 Å². The number of allylic oxidation sites excluding steroid dienone is 1. The lowest BCUT2D eigenvalue weighted by Crippen LogP contribution is -2.45. The number of nitrogens with one attached hydrogen (secondary N) is 3. The van der Waals surface area contributed by atoms with E-state index in [4.69, 9.17) is 18.9 Å². The molecule has 0 unspecified atom stereocenters. The Balaban J connectivity index is 1.34. The maximum absolute atomic E-state index is 12.4.